The van der Waals surface area contributed by atoms with Gasteiger partial charge in [0.25, 0.3) is 0 Å². The van der Waals surface area contributed by atoms with Crippen molar-refractivity contribution >= 4 is 0 Å². The van der Waals surface area contributed by atoms with Crippen LogP contribution in [0.1, 0.15) is 26.3 Å². The van der Waals surface area contributed by atoms with Crippen molar-refractivity contribution in [3.8, 4) is 5.75 Å². The standard InChI is InChI=1S/C14H23FN2O/c1-14(2,3)17(8-7-16)10-11-9-12(15)5-6-13(11)18-4/h5-6,9H,7-8,10,16H2,1-4H3. The van der Waals surface area contributed by atoms with Gasteiger partial charge in [0.05, 0.1) is 7.11 Å². The van der Waals surface area contributed by atoms with Crippen LogP contribution in [-0.2, 0) is 6.54 Å². The third-order valence-electron chi connectivity index (χ3n) is 2.95. The lowest BCUT2D eigenvalue weighted by molar-refractivity contribution is 0.131. The molecule has 0 aliphatic heterocycles. The minimum atomic E-state index is -0.243. The molecular formula is C14H23FN2O. The number of benzene rings is 1. The molecule has 0 heterocycles. The van der Waals surface area contributed by atoms with Crippen LogP contribution >= 0.6 is 0 Å². The lowest BCUT2D eigenvalue weighted by atomic mass is 10.0. The highest BCUT2D eigenvalue weighted by atomic mass is 19.1. The van der Waals surface area contributed by atoms with Crippen molar-refractivity contribution in [2.24, 2.45) is 5.73 Å². The predicted molar refractivity (Wildman–Crippen MR) is 72.2 cm³/mol. The Kier molecular flexibility index (Phi) is 5.11. The minimum absolute atomic E-state index is 0.0172. The summed E-state index contributed by atoms with van der Waals surface area (Å²) in [4.78, 5) is 2.21. The zero-order chi connectivity index (χ0) is 13.8. The number of hydrogen-bond acceptors (Lipinski definition) is 3. The predicted octanol–water partition coefficient (Wildman–Crippen LogP) is 2.39. The van der Waals surface area contributed by atoms with Gasteiger partial charge in [-0.25, -0.2) is 4.39 Å². The van der Waals surface area contributed by atoms with Gasteiger partial charge in [0.15, 0.2) is 0 Å². The molecule has 3 nitrogen and oxygen atoms in total. The van der Waals surface area contributed by atoms with Crippen LogP contribution in [-0.4, -0.2) is 30.6 Å². The molecule has 0 aliphatic rings. The quantitative estimate of drug-likeness (QED) is 0.877. The number of halogens is 1. The van der Waals surface area contributed by atoms with Crippen molar-refractivity contribution in [3.05, 3.63) is 29.6 Å². The molecule has 0 bridgehead atoms. The maximum atomic E-state index is 13.3. The number of methoxy groups -OCH3 is 1. The molecule has 1 rings (SSSR count). The fourth-order valence-electron chi connectivity index (χ4n) is 1.88. The summed E-state index contributed by atoms with van der Waals surface area (Å²) < 4.78 is 18.6. The Hall–Kier alpha value is -1.13. The summed E-state index contributed by atoms with van der Waals surface area (Å²) in [6, 6.07) is 4.59. The number of nitrogens with two attached hydrogens (primary N) is 1. The molecule has 0 unspecified atom stereocenters. The topological polar surface area (TPSA) is 38.5 Å². The number of ether oxygens (including phenoxy) is 1. The highest BCUT2D eigenvalue weighted by Crippen LogP contribution is 2.24. The molecule has 0 amide bonds. The maximum absolute atomic E-state index is 13.3. The molecule has 0 saturated heterocycles. The van der Waals surface area contributed by atoms with Crippen molar-refractivity contribution in [1.29, 1.82) is 0 Å². The van der Waals surface area contributed by atoms with E-state index in [9.17, 15) is 4.39 Å². The van der Waals surface area contributed by atoms with Gasteiger partial charge in [0.2, 0.25) is 0 Å². The smallest absolute Gasteiger partial charge is 0.123 e. The van der Waals surface area contributed by atoms with Gasteiger partial charge in [-0.3, -0.25) is 4.90 Å². The van der Waals surface area contributed by atoms with E-state index in [4.69, 9.17) is 10.5 Å². The van der Waals surface area contributed by atoms with E-state index in [1.165, 1.54) is 12.1 Å². The van der Waals surface area contributed by atoms with Crippen LogP contribution in [0.2, 0.25) is 0 Å². The molecule has 0 saturated carbocycles. The van der Waals surface area contributed by atoms with Crippen LogP contribution in [0.25, 0.3) is 0 Å². The van der Waals surface area contributed by atoms with Crippen LogP contribution in [0.5, 0.6) is 5.75 Å². The van der Waals surface area contributed by atoms with E-state index in [1.807, 2.05) is 0 Å². The third kappa shape index (κ3) is 3.96. The van der Waals surface area contributed by atoms with Crippen molar-refractivity contribution in [3.63, 3.8) is 0 Å². The van der Waals surface area contributed by atoms with E-state index in [-0.39, 0.29) is 11.4 Å². The minimum Gasteiger partial charge on any atom is -0.496 e. The van der Waals surface area contributed by atoms with Gasteiger partial charge in [-0.05, 0) is 39.0 Å². The number of rotatable bonds is 5. The van der Waals surface area contributed by atoms with E-state index in [0.29, 0.717) is 18.8 Å². The molecule has 0 spiro atoms. The molecule has 1 aromatic carbocycles. The second-order valence-electron chi connectivity index (χ2n) is 5.34. The van der Waals surface area contributed by atoms with E-state index in [0.717, 1.165) is 12.1 Å². The Morgan fingerprint density at radius 3 is 2.50 bits per heavy atom. The second kappa shape index (κ2) is 6.16. The van der Waals surface area contributed by atoms with Gasteiger partial charge < -0.3 is 10.5 Å². The normalized spacial score (nSPS) is 11.9. The van der Waals surface area contributed by atoms with E-state index >= 15 is 0 Å². The summed E-state index contributed by atoms with van der Waals surface area (Å²) in [5, 5.41) is 0. The average Bonchev–Trinajstić information content (AvgIpc) is 2.27. The molecule has 0 aromatic heterocycles. The summed E-state index contributed by atoms with van der Waals surface area (Å²) in [6.07, 6.45) is 0. The zero-order valence-corrected chi connectivity index (χ0v) is 11.7. The first kappa shape index (κ1) is 14.9. The molecule has 18 heavy (non-hydrogen) atoms. The average molecular weight is 254 g/mol. The molecule has 0 fully saturated rings. The fourth-order valence-corrected chi connectivity index (χ4v) is 1.88. The van der Waals surface area contributed by atoms with Crippen molar-refractivity contribution < 1.29 is 9.13 Å². The van der Waals surface area contributed by atoms with E-state index in [2.05, 4.69) is 25.7 Å². The highest BCUT2D eigenvalue weighted by Gasteiger charge is 2.22. The highest BCUT2D eigenvalue weighted by molar-refractivity contribution is 5.34. The molecule has 1 aromatic rings. The van der Waals surface area contributed by atoms with Crippen molar-refractivity contribution in [2.75, 3.05) is 20.2 Å². The maximum Gasteiger partial charge on any atom is 0.123 e. The lowest BCUT2D eigenvalue weighted by Crippen LogP contribution is -2.43. The molecule has 0 aliphatic carbocycles. The first-order valence-electron chi connectivity index (χ1n) is 6.16. The summed E-state index contributed by atoms with van der Waals surface area (Å²) in [5.41, 5.74) is 6.46. The van der Waals surface area contributed by atoms with E-state index < -0.39 is 0 Å². The Bertz CT molecular complexity index is 388. The number of hydrogen-bond donors (Lipinski definition) is 1. The van der Waals surface area contributed by atoms with Crippen LogP contribution < -0.4 is 10.5 Å². The zero-order valence-electron chi connectivity index (χ0n) is 11.7. The number of nitrogens with zero attached hydrogens (tertiary/aromatic N) is 1. The molecule has 4 heteroatoms. The van der Waals surface area contributed by atoms with Gasteiger partial charge in [-0.2, -0.15) is 0 Å². The van der Waals surface area contributed by atoms with Gasteiger partial charge in [0, 0.05) is 30.7 Å². The van der Waals surface area contributed by atoms with E-state index in [1.54, 1.807) is 13.2 Å². The monoisotopic (exact) mass is 254 g/mol. The van der Waals surface area contributed by atoms with Gasteiger partial charge in [0.1, 0.15) is 11.6 Å². The first-order valence-corrected chi connectivity index (χ1v) is 6.16. The van der Waals surface area contributed by atoms with Crippen LogP contribution in [0.15, 0.2) is 18.2 Å². The van der Waals surface area contributed by atoms with Crippen LogP contribution in [0.4, 0.5) is 4.39 Å². The Labute approximate surface area is 109 Å². The first-order chi connectivity index (χ1) is 8.38. The van der Waals surface area contributed by atoms with Crippen LogP contribution in [0.3, 0.4) is 0 Å². The SMILES string of the molecule is COc1ccc(F)cc1CN(CCN)C(C)(C)C. The molecule has 0 radical (unpaired) electrons. The summed E-state index contributed by atoms with van der Waals surface area (Å²) in [5.74, 6) is 0.468. The van der Waals surface area contributed by atoms with Gasteiger partial charge >= 0.3 is 0 Å². The van der Waals surface area contributed by atoms with Crippen molar-refractivity contribution in [2.45, 2.75) is 32.9 Å². The Morgan fingerprint density at radius 2 is 2.00 bits per heavy atom. The van der Waals surface area contributed by atoms with Crippen LogP contribution in [0, 0.1) is 5.82 Å². The summed E-state index contributed by atoms with van der Waals surface area (Å²) >= 11 is 0. The molecule has 102 valence electrons. The fraction of sp³-hybridized carbons (Fsp3) is 0.571. The Balaban J connectivity index is 2.96. The molecule has 0 atom stereocenters. The largest absolute Gasteiger partial charge is 0.496 e. The molecular weight excluding hydrogens is 231 g/mol. The third-order valence-corrected chi connectivity index (χ3v) is 2.95. The van der Waals surface area contributed by atoms with Crippen molar-refractivity contribution in [1.82, 2.24) is 4.90 Å². The Morgan fingerprint density at radius 1 is 1.33 bits per heavy atom. The lowest BCUT2D eigenvalue weighted by Gasteiger charge is -2.35. The van der Waals surface area contributed by atoms with Gasteiger partial charge in [-0.15, -0.1) is 0 Å². The second-order valence-corrected chi connectivity index (χ2v) is 5.34. The summed E-state index contributed by atoms with van der Waals surface area (Å²) in [6.45, 7) is 8.33. The van der Waals surface area contributed by atoms with Gasteiger partial charge in [-0.1, -0.05) is 0 Å². The molecule has 2 N–H and O–H groups in total. The summed E-state index contributed by atoms with van der Waals surface area (Å²) in [7, 11) is 1.60.